The van der Waals surface area contributed by atoms with Gasteiger partial charge in [0, 0.05) is 12.2 Å². The van der Waals surface area contributed by atoms with E-state index in [4.69, 9.17) is 0 Å². The van der Waals surface area contributed by atoms with E-state index in [0.717, 1.165) is 29.2 Å². The highest BCUT2D eigenvalue weighted by Crippen LogP contribution is 2.15. The van der Waals surface area contributed by atoms with Crippen molar-refractivity contribution in [1.82, 2.24) is 14.5 Å². The number of fused-ring (bicyclic) bond motifs is 1. The van der Waals surface area contributed by atoms with Crippen molar-refractivity contribution in [2.75, 3.05) is 0 Å². The van der Waals surface area contributed by atoms with E-state index in [2.05, 4.69) is 28.4 Å². The second kappa shape index (κ2) is 3.65. The maximum atomic E-state index is 4.55. The van der Waals surface area contributed by atoms with E-state index in [-0.39, 0.29) is 0 Å². The Bertz CT molecular complexity index is 483. The zero-order chi connectivity index (χ0) is 11.0. The Morgan fingerprint density at radius 2 is 1.93 bits per heavy atom. The summed E-state index contributed by atoms with van der Waals surface area (Å²) in [5.74, 6) is 1.67. The molecule has 0 aromatic carbocycles. The number of pyridine rings is 1. The van der Waals surface area contributed by atoms with Crippen LogP contribution >= 0.6 is 0 Å². The Balaban J connectivity index is 2.60. The summed E-state index contributed by atoms with van der Waals surface area (Å²) < 4.78 is 2.20. The van der Waals surface area contributed by atoms with Gasteiger partial charge in [-0.2, -0.15) is 0 Å². The van der Waals surface area contributed by atoms with Crippen LogP contribution in [0.4, 0.5) is 0 Å². The van der Waals surface area contributed by atoms with Crippen molar-refractivity contribution in [3.8, 4) is 0 Å². The number of hydrogen-bond donors (Lipinski definition) is 0. The molecule has 0 saturated heterocycles. The van der Waals surface area contributed by atoms with Crippen LogP contribution in [0.2, 0.25) is 0 Å². The largest absolute Gasteiger partial charge is 0.313 e. The van der Waals surface area contributed by atoms with E-state index in [9.17, 15) is 0 Å². The minimum atomic E-state index is 0.614. The van der Waals surface area contributed by atoms with E-state index >= 15 is 0 Å². The molecular formula is C12H17N3. The fourth-order valence-electron chi connectivity index (χ4n) is 1.79. The number of nitrogens with zero attached hydrogens (tertiary/aromatic N) is 3. The summed E-state index contributed by atoms with van der Waals surface area (Å²) >= 11 is 0. The average molecular weight is 203 g/mol. The number of rotatable bonds is 2. The molecule has 0 saturated carbocycles. The van der Waals surface area contributed by atoms with Gasteiger partial charge >= 0.3 is 0 Å². The summed E-state index contributed by atoms with van der Waals surface area (Å²) in [5.41, 5.74) is 3.06. The van der Waals surface area contributed by atoms with Crippen molar-refractivity contribution in [2.45, 2.75) is 34.2 Å². The van der Waals surface area contributed by atoms with E-state index in [1.54, 1.807) is 0 Å². The van der Waals surface area contributed by atoms with Gasteiger partial charge in [-0.25, -0.2) is 9.97 Å². The van der Waals surface area contributed by atoms with Gasteiger partial charge in [-0.05, 0) is 31.9 Å². The van der Waals surface area contributed by atoms with Gasteiger partial charge in [0.2, 0.25) is 0 Å². The Morgan fingerprint density at radius 1 is 1.20 bits per heavy atom. The summed E-state index contributed by atoms with van der Waals surface area (Å²) in [6.07, 6.45) is 0. The van der Waals surface area contributed by atoms with Gasteiger partial charge < -0.3 is 4.57 Å². The number of aryl methyl sites for hydroxylation is 2. The molecule has 0 fully saturated rings. The van der Waals surface area contributed by atoms with Crippen LogP contribution in [0.1, 0.15) is 25.4 Å². The van der Waals surface area contributed by atoms with Crippen molar-refractivity contribution in [2.24, 2.45) is 5.92 Å². The molecule has 0 aliphatic rings. The van der Waals surface area contributed by atoms with Crippen LogP contribution < -0.4 is 0 Å². The molecule has 2 aromatic heterocycles. The first-order valence-electron chi connectivity index (χ1n) is 5.38. The zero-order valence-electron chi connectivity index (χ0n) is 9.78. The summed E-state index contributed by atoms with van der Waals surface area (Å²) in [4.78, 5) is 9.06. The van der Waals surface area contributed by atoms with Crippen LogP contribution in [0.5, 0.6) is 0 Å². The van der Waals surface area contributed by atoms with Crippen LogP contribution in [0.15, 0.2) is 12.1 Å². The van der Waals surface area contributed by atoms with Gasteiger partial charge in [-0.1, -0.05) is 13.8 Å². The molecule has 2 aromatic rings. The molecule has 3 heteroatoms. The van der Waals surface area contributed by atoms with Gasteiger partial charge in [-0.3, -0.25) is 0 Å². The van der Waals surface area contributed by atoms with E-state index in [0.29, 0.717) is 5.92 Å². The first-order chi connectivity index (χ1) is 7.08. The number of imidazole rings is 1. The van der Waals surface area contributed by atoms with Gasteiger partial charge in [0.05, 0.1) is 0 Å². The number of aromatic nitrogens is 3. The maximum absolute atomic E-state index is 4.55. The molecule has 0 bridgehead atoms. The quantitative estimate of drug-likeness (QED) is 0.751. The molecule has 0 N–H and O–H groups in total. The van der Waals surface area contributed by atoms with E-state index in [1.165, 1.54) is 0 Å². The lowest BCUT2D eigenvalue weighted by atomic mass is 10.2. The van der Waals surface area contributed by atoms with Crippen LogP contribution in [0.3, 0.4) is 0 Å². The molecule has 2 rings (SSSR count). The predicted molar refractivity (Wildman–Crippen MR) is 61.8 cm³/mol. The van der Waals surface area contributed by atoms with Crippen molar-refractivity contribution in [3.05, 3.63) is 23.7 Å². The molecule has 0 aliphatic carbocycles. The lowest BCUT2D eigenvalue weighted by Crippen LogP contribution is -2.07. The minimum absolute atomic E-state index is 0.614. The first-order valence-corrected chi connectivity index (χ1v) is 5.38. The third-order valence-corrected chi connectivity index (χ3v) is 2.47. The molecular weight excluding hydrogens is 186 g/mol. The van der Waals surface area contributed by atoms with Crippen LogP contribution in [0, 0.1) is 19.8 Å². The van der Waals surface area contributed by atoms with E-state index in [1.807, 2.05) is 26.0 Å². The minimum Gasteiger partial charge on any atom is -0.313 e. The molecule has 15 heavy (non-hydrogen) atoms. The lowest BCUT2D eigenvalue weighted by molar-refractivity contribution is 0.521. The average Bonchev–Trinajstić information content (AvgIpc) is 2.43. The van der Waals surface area contributed by atoms with Gasteiger partial charge in [0.25, 0.3) is 0 Å². The normalized spacial score (nSPS) is 11.5. The molecule has 3 nitrogen and oxygen atoms in total. The van der Waals surface area contributed by atoms with Crippen molar-refractivity contribution in [3.63, 3.8) is 0 Å². The fourth-order valence-corrected chi connectivity index (χ4v) is 1.79. The van der Waals surface area contributed by atoms with Crippen LogP contribution in [-0.2, 0) is 6.54 Å². The Morgan fingerprint density at radius 3 is 2.60 bits per heavy atom. The highest BCUT2D eigenvalue weighted by Gasteiger charge is 2.09. The standard InChI is InChI=1S/C12H17N3/c1-8(2)7-15-10(4)14-11-6-5-9(3)13-12(11)15/h5-6,8H,7H2,1-4H3. The Labute approximate surface area is 90.2 Å². The summed E-state index contributed by atoms with van der Waals surface area (Å²) in [6.45, 7) is 9.46. The Hall–Kier alpha value is -1.38. The molecule has 2 heterocycles. The third-order valence-electron chi connectivity index (χ3n) is 2.47. The highest BCUT2D eigenvalue weighted by atomic mass is 15.1. The fraction of sp³-hybridized carbons (Fsp3) is 0.500. The molecule has 0 spiro atoms. The monoisotopic (exact) mass is 203 g/mol. The van der Waals surface area contributed by atoms with Crippen LogP contribution in [0.25, 0.3) is 11.2 Å². The second-order valence-electron chi connectivity index (χ2n) is 4.46. The van der Waals surface area contributed by atoms with Crippen molar-refractivity contribution in [1.29, 1.82) is 0 Å². The third kappa shape index (κ3) is 1.87. The predicted octanol–water partition coefficient (Wildman–Crippen LogP) is 2.70. The molecule has 0 amide bonds. The van der Waals surface area contributed by atoms with Gasteiger partial charge in [-0.15, -0.1) is 0 Å². The Kier molecular flexibility index (Phi) is 2.47. The molecule has 0 unspecified atom stereocenters. The summed E-state index contributed by atoms with van der Waals surface area (Å²) in [7, 11) is 0. The topological polar surface area (TPSA) is 30.7 Å². The molecule has 0 aliphatic heterocycles. The molecule has 80 valence electrons. The smallest absolute Gasteiger partial charge is 0.160 e. The van der Waals surface area contributed by atoms with Gasteiger partial charge in [0.1, 0.15) is 11.3 Å². The van der Waals surface area contributed by atoms with Crippen LogP contribution in [-0.4, -0.2) is 14.5 Å². The highest BCUT2D eigenvalue weighted by molar-refractivity contribution is 5.71. The number of hydrogen-bond acceptors (Lipinski definition) is 2. The first kappa shape index (κ1) is 10.1. The summed E-state index contributed by atoms with van der Waals surface area (Å²) in [5, 5.41) is 0. The lowest BCUT2D eigenvalue weighted by Gasteiger charge is -2.08. The van der Waals surface area contributed by atoms with Crippen molar-refractivity contribution < 1.29 is 0 Å². The second-order valence-corrected chi connectivity index (χ2v) is 4.46. The van der Waals surface area contributed by atoms with E-state index < -0.39 is 0 Å². The van der Waals surface area contributed by atoms with Gasteiger partial charge in [0.15, 0.2) is 5.65 Å². The van der Waals surface area contributed by atoms with Crippen molar-refractivity contribution >= 4 is 11.2 Å². The maximum Gasteiger partial charge on any atom is 0.160 e. The zero-order valence-corrected chi connectivity index (χ0v) is 9.78. The molecule has 0 radical (unpaired) electrons. The summed E-state index contributed by atoms with van der Waals surface area (Å²) in [6, 6.07) is 4.05. The molecule has 0 atom stereocenters. The SMILES string of the molecule is Cc1ccc2nc(C)n(CC(C)C)c2n1.